The Morgan fingerprint density at radius 1 is 1.23 bits per heavy atom. The number of carbonyl (C=O) groups is 2. The second kappa shape index (κ2) is 4.98. The second-order valence-electron chi connectivity index (χ2n) is 5.62. The van der Waals surface area contributed by atoms with Crippen LogP contribution in [0.4, 0.5) is 4.79 Å². The largest absolute Gasteiger partial charge is 0.361 e. The summed E-state index contributed by atoms with van der Waals surface area (Å²) in [6.45, 7) is 5.44. The first-order valence-corrected chi connectivity index (χ1v) is 7.05. The molecule has 0 saturated carbocycles. The fraction of sp³-hybridized carbons (Fsp3) is 0.312. The van der Waals surface area contributed by atoms with E-state index in [1.165, 1.54) is 4.90 Å². The molecule has 0 radical (unpaired) electrons. The number of urea groups is 1. The molecule has 0 unspecified atom stereocenters. The number of nitrogens with one attached hydrogen (secondary N) is 1. The van der Waals surface area contributed by atoms with E-state index in [-0.39, 0.29) is 12.5 Å². The third-order valence-electron chi connectivity index (χ3n) is 4.12. The summed E-state index contributed by atoms with van der Waals surface area (Å²) < 4.78 is 5.09. The van der Waals surface area contributed by atoms with E-state index in [1.807, 2.05) is 30.3 Å². The Hall–Kier alpha value is -2.63. The highest BCUT2D eigenvalue weighted by Crippen LogP contribution is 2.30. The van der Waals surface area contributed by atoms with Crippen molar-refractivity contribution in [1.29, 1.82) is 0 Å². The van der Waals surface area contributed by atoms with Crippen LogP contribution in [0.15, 0.2) is 34.9 Å². The van der Waals surface area contributed by atoms with Crippen molar-refractivity contribution in [3.8, 4) is 0 Å². The minimum atomic E-state index is -1.04. The van der Waals surface area contributed by atoms with Crippen molar-refractivity contribution in [3.63, 3.8) is 0 Å². The second-order valence-corrected chi connectivity index (χ2v) is 5.62. The molecular weight excluding hydrogens is 282 g/mol. The number of rotatable bonds is 3. The van der Waals surface area contributed by atoms with Gasteiger partial charge in [-0.15, -0.1) is 0 Å². The standard InChI is InChI=1S/C16H17N3O3/c1-10-13(11(2)22-18-10)9-19-14(20)16(3,17-15(19)21)12-7-5-4-6-8-12/h4-8H,9H2,1-3H3,(H,17,21)/t16-/m0/s1. The van der Waals surface area contributed by atoms with Gasteiger partial charge in [0.1, 0.15) is 11.3 Å². The van der Waals surface area contributed by atoms with Crippen LogP contribution in [0.3, 0.4) is 0 Å². The molecule has 1 aromatic carbocycles. The van der Waals surface area contributed by atoms with Crippen LogP contribution < -0.4 is 5.32 Å². The summed E-state index contributed by atoms with van der Waals surface area (Å²) in [5, 5.41) is 6.64. The minimum Gasteiger partial charge on any atom is -0.361 e. The zero-order valence-electron chi connectivity index (χ0n) is 12.7. The lowest BCUT2D eigenvalue weighted by Crippen LogP contribution is -2.40. The number of benzene rings is 1. The quantitative estimate of drug-likeness (QED) is 0.882. The number of carbonyl (C=O) groups excluding carboxylic acids is 2. The number of hydrogen-bond donors (Lipinski definition) is 1. The maximum absolute atomic E-state index is 12.8. The monoisotopic (exact) mass is 299 g/mol. The number of nitrogens with zero attached hydrogens (tertiary/aromatic N) is 2. The lowest BCUT2D eigenvalue weighted by Gasteiger charge is -2.22. The van der Waals surface area contributed by atoms with Crippen LogP contribution in [0.2, 0.25) is 0 Å². The summed E-state index contributed by atoms with van der Waals surface area (Å²) in [7, 11) is 0. The SMILES string of the molecule is Cc1noc(C)c1CN1C(=O)N[C@@](C)(c2ccccc2)C1=O. The van der Waals surface area contributed by atoms with Gasteiger partial charge < -0.3 is 9.84 Å². The lowest BCUT2D eigenvalue weighted by molar-refractivity contribution is -0.131. The summed E-state index contributed by atoms with van der Waals surface area (Å²) in [6, 6.07) is 8.81. The Balaban J connectivity index is 1.92. The highest BCUT2D eigenvalue weighted by Gasteiger charge is 2.49. The molecule has 1 aliphatic rings. The van der Waals surface area contributed by atoms with Crippen molar-refractivity contribution in [2.24, 2.45) is 0 Å². The first-order chi connectivity index (χ1) is 10.4. The predicted molar refractivity (Wildman–Crippen MR) is 78.9 cm³/mol. The number of hydrogen-bond acceptors (Lipinski definition) is 4. The zero-order valence-corrected chi connectivity index (χ0v) is 12.7. The summed E-state index contributed by atoms with van der Waals surface area (Å²) in [5.74, 6) is 0.343. The molecule has 6 heteroatoms. The molecular formula is C16H17N3O3. The molecule has 1 saturated heterocycles. The van der Waals surface area contributed by atoms with Gasteiger partial charge in [0.05, 0.1) is 12.2 Å². The van der Waals surface area contributed by atoms with Crippen LogP contribution in [0, 0.1) is 13.8 Å². The molecule has 1 fully saturated rings. The molecule has 2 aromatic rings. The van der Waals surface area contributed by atoms with E-state index in [4.69, 9.17) is 4.52 Å². The van der Waals surface area contributed by atoms with E-state index < -0.39 is 11.6 Å². The fourth-order valence-corrected chi connectivity index (χ4v) is 2.69. The van der Waals surface area contributed by atoms with Crippen molar-refractivity contribution < 1.29 is 14.1 Å². The van der Waals surface area contributed by atoms with E-state index in [2.05, 4.69) is 10.5 Å². The molecule has 1 aromatic heterocycles. The highest BCUT2D eigenvalue weighted by atomic mass is 16.5. The van der Waals surface area contributed by atoms with E-state index in [0.29, 0.717) is 11.5 Å². The Kier molecular flexibility index (Phi) is 3.24. The van der Waals surface area contributed by atoms with Gasteiger partial charge in [-0.1, -0.05) is 35.5 Å². The number of imide groups is 1. The van der Waals surface area contributed by atoms with Crippen molar-refractivity contribution in [2.45, 2.75) is 32.9 Å². The molecule has 0 spiro atoms. The maximum atomic E-state index is 12.8. The van der Waals surface area contributed by atoms with Crippen molar-refractivity contribution in [1.82, 2.24) is 15.4 Å². The first kappa shape index (κ1) is 14.3. The highest BCUT2D eigenvalue weighted by molar-refractivity contribution is 6.07. The lowest BCUT2D eigenvalue weighted by atomic mass is 9.92. The van der Waals surface area contributed by atoms with Gasteiger partial charge in [-0.3, -0.25) is 9.69 Å². The molecule has 0 bridgehead atoms. The summed E-state index contributed by atoms with van der Waals surface area (Å²) in [6.07, 6.45) is 0. The van der Waals surface area contributed by atoms with E-state index in [9.17, 15) is 9.59 Å². The molecule has 1 atom stereocenters. The van der Waals surface area contributed by atoms with Crippen LogP contribution >= 0.6 is 0 Å². The van der Waals surface area contributed by atoms with Crippen molar-refractivity contribution >= 4 is 11.9 Å². The number of aryl methyl sites for hydroxylation is 2. The van der Waals surface area contributed by atoms with Gasteiger partial charge in [0, 0.05) is 5.56 Å². The third kappa shape index (κ3) is 2.07. The van der Waals surface area contributed by atoms with Crippen LogP contribution in [-0.2, 0) is 16.9 Å². The van der Waals surface area contributed by atoms with Gasteiger partial charge >= 0.3 is 6.03 Å². The molecule has 1 N–H and O–H groups in total. The van der Waals surface area contributed by atoms with Crippen molar-refractivity contribution in [3.05, 3.63) is 52.9 Å². The fourth-order valence-electron chi connectivity index (χ4n) is 2.69. The first-order valence-electron chi connectivity index (χ1n) is 7.05. The van der Waals surface area contributed by atoms with Gasteiger partial charge in [0.2, 0.25) is 0 Å². The topological polar surface area (TPSA) is 75.4 Å². The molecule has 1 aliphatic heterocycles. The number of amides is 3. The molecule has 0 aliphatic carbocycles. The average molecular weight is 299 g/mol. The molecule has 6 nitrogen and oxygen atoms in total. The Bertz CT molecular complexity index is 719. The summed E-state index contributed by atoms with van der Waals surface area (Å²) in [5.41, 5.74) is 1.17. The average Bonchev–Trinajstić information content (AvgIpc) is 2.94. The Labute approximate surface area is 128 Å². The molecule has 22 heavy (non-hydrogen) atoms. The molecule has 3 amide bonds. The van der Waals surface area contributed by atoms with Gasteiger partial charge in [-0.2, -0.15) is 0 Å². The predicted octanol–water partition coefficient (Wildman–Crippen LogP) is 2.26. The summed E-state index contributed by atoms with van der Waals surface area (Å²) in [4.78, 5) is 26.3. The van der Waals surface area contributed by atoms with E-state index in [0.717, 1.165) is 11.1 Å². The molecule has 3 rings (SSSR count). The van der Waals surface area contributed by atoms with E-state index in [1.54, 1.807) is 20.8 Å². The van der Waals surface area contributed by atoms with Gasteiger partial charge in [-0.05, 0) is 26.3 Å². The van der Waals surface area contributed by atoms with Crippen molar-refractivity contribution in [2.75, 3.05) is 0 Å². The zero-order chi connectivity index (χ0) is 15.9. The van der Waals surface area contributed by atoms with Gasteiger partial charge in [0.25, 0.3) is 5.91 Å². The van der Waals surface area contributed by atoms with E-state index >= 15 is 0 Å². The smallest absolute Gasteiger partial charge is 0.325 e. The van der Waals surface area contributed by atoms with Crippen LogP contribution in [-0.4, -0.2) is 22.0 Å². The normalized spacial score (nSPS) is 21.3. The maximum Gasteiger partial charge on any atom is 0.325 e. The summed E-state index contributed by atoms with van der Waals surface area (Å²) >= 11 is 0. The minimum absolute atomic E-state index is 0.161. The molecule has 114 valence electrons. The molecule has 2 heterocycles. The van der Waals surface area contributed by atoms with Gasteiger partial charge in [0.15, 0.2) is 0 Å². The Morgan fingerprint density at radius 2 is 1.91 bits per heavy atom. The van der Waals surface area contributed by atoms with Crippen LogP contribution in [0.25, 0.3) is 0 Å². The Morgan fingerprint density at radius 3 is 2.50 bits per heavy atom. The van der Waals surface area contributed by atoms with Gasteiger partial charge in [-0.25, -0.2) is 4.79 Å². The van der Waals surface area contributed by atoms with Crippen LogP contribution in [0.1, 0.15) is 29.5 Å². The van der Waals surface area contributed by atoms with Crippen LogP contribution in [0.5, 0.6) is 0 Å². The third-order valence-corrected chi connectivity index (χ3v) is 4.12. The number of aromatic nitrogens is 1.